The number of carbonyl (C=O) groups excluding carboxylic acids is 1. The molecular weight excluding hydrogens is 204 g/mol. The van der Waals surface area contributed by atoms with Crippen LogP contribution in [0.15, 0.2) is 12.3 Å². The van der Waals surface area contributed by atoms with E-state index in [1.54, 1.807) is 6.20 Å². The number of carbonyl (C=O) groups is 1. The van der Waals surface area contributed by atoms with Gasteiger partial charge in [-0.05, 0) is 26.8 Å². The molecule has 1 amide bonds. The third-order valence-electron chi connectivity index (χ3n) is 1.90. The second-order valence-corrected chi connectivity index (χ2v) is 4.71. The van der Waals surface area contributed by atoms with Crippen molar-refractivity contribution in [2.45, 2.75) is 39.3 Å². The van der Waals surface area contributed by atoms with E-state index in [-0.39, 0.29) is 12.0 Å². The first-order chi connectivity index (χ1) is 7.37. The zero-order chi connectivity index (χ0) is 12.2. The number of amides is 1. The fourth-order valence-electron chi connectivity index (χ4n) is 1.14. The highest BCUT2D eigenvalue weighted by atomic mass is 16.1. The van der Waals surface area contributed by atoms with Gasteiger partial charge in [-0.15, -0.1) is 0 Å². The molecule has 0 bridgehead atoms. The number of aromatic nitrogens is 2. The van der Waals surface area contributed by atoms with Crippen molar-refractivity contribution in [2.75, 3.05) is 0 Å². The fraction of sp³-hybridized carbons (Fsp3) is 0.545. The molecule has 16 heavy (non-hydrogen) atoms. The lowest BCUT2D eigenvalue weighted by molar-refractivity contribution is -0.117. The van der Waals surface area contributed by atoms with E-state index in [0.717, 1.165) is 5.69 Å². The Kier molecular flexibility index (Phi) is 3.95. The van der Waals surface area contributed by atoms with Crippen molar-refractivity contribution in [3.63, 3.8) is 0 Å². The topological polar surface area (TPSA) is 80.9 Å². The Morgan fingerprint density at radius 1 is 1.50 bits per heavy atom. The molecule has 88 valence electrons. The molecule has 0 radical (unpaired) electrons. The minimum Gasteiger partial charge on any atom is -0.369 e. The Bertz CT molecular complexity index is 370. The van der Waals surface area contributed by atoms with Crippen LogP contribution < -0.4 is 11.1 Å². The van der Waals surface area contributed by atoms with Crippen LogP contribution in [0.3, 0.4) is 0 Å². The lowest BCUT2D eigenvalue weighted by Crippen LogP contribution is -2.35. The first kappa shape index (κ1) is 12.6. The van der Waals surface area contributed by atoms with E-state index in [1.807, 2.05) is 6.07 Å². The van der Waals surface area contributed by atoms with Crippen molar-refractivity contribution in [1.82, 2.24) is 15.3 Å². The molecule has 0 atom stereocenters. The Balaban J connectivity index is 2.64. The van der Waals surface area contributed by atoms with E-state index in [9.17, 15) is 4.79 Å². The summed E-state index contributed by atoms with van der Waals surface area (Å²) in [5.41, 5.74) is 5.98. The van der Waals surface area contributed by atoms with Gasteiger partial charge in [0, 0.05) is 18.3 Å². The number of primary amides is 1. The van der Waals surface area contributed by atoms with Crippen molar-refractivity contribution >= 4 is 5.91 Å². The summed E-state index contributed by atoms with van der Waals surface area (Å²) in [7, 11) is 0. The molecule has 0 spiro atoms. The molecule has 5 heteroatoms. The highest BCUT2D eigenvalue weighted by Gasteiger charge is 2.09. The van der Waals surface area contributed by atoms with Gasteiger partial charge in [-0.2, -0.15) is 0 Å². The summed E-state index contributed by atoms with van der Waals surface area (Å²) in [5, 5.41) is 3.31. The maximum absolute atomic E-state index is 10.7. The normalized spacial score (nSPS) is 11.4. The molecule has 5 nitrogen and oxygen atoms in total. The minimum absolute atomic E-state index is 0.0365. The molecule has 0 aliphatic heterocycles. The number of nitrogens with zero attached hydrogens (tertiary/aromatic N) is 2. The molecule has 0 saturated carbocycles. The number of rotatable bonds is 4. The van der Waals surface area contributed by atoms with E-state index in [4.69, 9.17) is 5.73 Å². The van der Waals surface area contributed by atoms with Gasteiger partial charge in [-0.3, -0.25) is 4.79 Å². The maximum Gasteiger partial charge on any atom is 0.225 e. The summed E-state index contributed by atoms with van der Waals surface area (Å²) in [4.78, 5) is 18.9. The first-order valence-electron chi connectivity index (χ1n) is 5.21. The zero-order valence-corrected chi connectivity index (χ0v) is 9.95. The van der Waals surface area contributed by atoms with E-state index in [1.165, 1.54) is 0 Å². The number of nitrogens with one attached hydrogen (secondary N) is 1. The standard InChI is InChI=1S/C11H18N4O/c1-11(2,3)14-7-8-4-5-13-10(15-8)6-9(12)16/h4-5,14H,6-7H2,1-3H3,(H2,12,16). The van der Waals surface area contributed by atoms with Crippen LogP contribution in [0.4, 0.5) is 0 Å². The smallest absolute Gasteiger partial charge is 0.225 e. The summed E-state index contributed by atoms with van der Waals surface area (Å²) < 4.78 is 0. The lowest BCUT2D eigenvalue weighted by Gasteiger charge is -2.20. The van der Waals surface area contributed by atoms with Crippen LogP contribution in [0.1, 0.15) is 32.3 Å². The van der Waals surface area contributed by atoms with Gasteiger partial charge in [-0.1, -0.05) is 0 Å². The van der Waals surface area contributed by atoms with Crippen LogP contribution in [-0.2, 0) is 17.8 Å². The monoisotopic (exact) mass is 222 g/mol. The quantitative estimate of drug-likeness (QED) is 0.772. The van der Waals surface area contributed by atoms with Gasteiger partial charge in [0.1, 0.15) is 5.82 Å². The molecular formula is C11H18N4O. The molecule has 1 aromatic heterocycles. The Hall–Kier alpha value is -1.49. The Morgan fingerprint density at radius 2 is 2.19 bits per heavy atom. The largest absolute Gasteiger partial charge is 0.369 e. The number of hydrogen-bond donors (Lipinski definition) is 2. The predicted octanol–water partition coefficient (Wildman–Crippen LogP) is 0.392. The highest BCUT2D eigenvalue weighted by molar-refractivity contribution is 5.75. The summed E-state index contributed by atoms with van der Waals surface area (Å²) in [6.07, 6.45) is 1.73. The van der Waals surface area contributed by atoms with Crippen LogP contribution >= 0.6 is 0 Å². The van der Waals surface area contributed by atoms with Gasteiger partial charge in [0.2, 0.25) is 5.91 Å². The average Bonchev–Trinajstić information content (AvgIpc) is 2.13. The highest BCUT2D eigenvalue weighted by Crippen LogP contribution is 2.02. The van der Waals surface area contributed by atoms with Gasteiger partial charge >= 0.3 is 0 Å². The minimum atomic E-state index is -0.416. The van der Waals surface area contributed by atoms with Gasteiger partial charge in [0.25, 0.3) is 0 Å². The molecule has 0 saturated heterocycles. The van der Waals surface area contributed by atoms with E-state index in [2.05, 4.69) is 36.1 Å². The summed E-state index contributed by atoms with van der Waals surface area (Å²) in [6, 6.07) is 1.82. The van der Waals surface area contributed by atoms with Gasteiger partial charge in [0.05, 0.1) is 12.1 Å². The van der Waals surface area contributed by atoms with Crippen molar-refractivity contribution in [3.8, 4) is 0 Å². The van der Waals surface area contributed by atoms with Crippen molar-refractivity contribution < 1.29 is 4.79 Å². The SMILES string of the molecule is CC(C)(C)NCc1ccnc(CC(N)=O)n1. The van der Waals surface area contributed by atoms with Gasteiger partial charge in [-0.25, -0.2) is 9.97 Å². The molecule has 0 aromatic carbocycles. The van der Waals surface area contributed by atoms with Crippen LogP contribution in [0.25, 0.3) is 0 Å². The van der Waals surface area contributed by atoms with E-state index < -0.39 is 5.91 Å². The molecule has 3 N–H and O–H groups in total. The van der Waals surface area contributed by atoms with Crippen molar-refractivity contribution in [3.05, 3.63) is 23.8 Å². The predicted molar refractivity (Wildman–Crippen MR) is 61.5 cm³/mol. The van der Waals surface area contributed by atoms with E-state index in [0.29, 0.717) is 12.4 Å². The molecule has 0 aliphatic rings. The van der Waals surface area contributed by atoms with E-state index >= 15 is 0 Å². The summed E-state index contributed by atoms with van der Waals surface area (Å²) in [5.74, 6) is 0.0571. The van der Waals surface area contributed by atoms with Crippen LogP contribution in [0, 0.1) is 0 Å². The third kappa shape index (κ3) is 4.84. The van der Waals surface area contributed by atoms with Crippen LogP contribution in [0.2, 0.25) is 0 Å². The fourth-order valence-corrected chi connectivity index (χ4v) is 1.14. The lowest BCUT2D eigenvalue weighted by atomic mass is 10.1. The van der Waals surface area contributed by atoms with Crippen molar-refractivity contribution in [2.24, 2.45) is 5.73 Å². The second-order valence-electron chi connectivity index (χ2n) is 4.71. The summed E-state index contributed by atoms with van der Waals surface area (Å²) >= 11 is 0. The molecule has 1 heterocycles. The second kappa shape index (κ2) is 5.03. The van der Waals surface area contributed by atoms with Gasteiger partial charge in [0.15, 0.2) is 0 Å². The molecule has 0 aliphatic carbocycles. The zero-order valence-electron chi connectivity index (χ0n) is 9.95. The molecule has 1 aromatic rings. The van der Waals surface area contributed by atoms with Crippen LogP contribution in [0.5, 0.6) is 0 Å². The first-order valence-corrected chi connectivity index (χ1v) is 5.21. The molecule has 1 rings (SSSR count). The van der Waals surface area contributed by atoms with Gasteiger partial charge < -0.3 is 11.1 Å². The average molecular weight is 222 g/mol. The number of nitrogens with two attached hydrogens (primary N) is 1. The Morgan fingerprint density at radius 3 is 2.75 bits per heavy atom. The van der Waals surface area contributed by atoms with Crippen molar-refractivity contribution in [1.29, 1.82) is 0 Å². The molecule has 0 fully saturated rings. The number of hydrogen-bond acceptors (Lipinski definition) is 4. The Labute approximate surface area is 95.5 Å². The van der Waals surface area contributed by atoms with Crippen LogP contribution in [-0.4, -0.2) is 21.4 Å². The third-order valence-corrected chi connectivity index (χ3v) is 1.90. The maximum atomic E-state index is 10.7. The summed E-state index contributed by atoms with van der Waals surface area (Å²) in [6.45, 7) is 6.90. The molecule has 0 unspecified atom stereocenters.